The standard InChI is InChI=1S/C27H25FN4O4/c1-14-8-9-21(10-15(14)2)32-26(34)24(17(4)31-32)30-29-20-12-18(11-19(28)13-20)23-7-5-6-22(25(23)33)16(3)27(35)36/h5-13,16,31,33H,1-4H3,(H,35,36). The Morgan fingerprint density at radius 1 is 1.03 bits per heavy atom. The van der Waals surface area contributed by atoms with E-state index in [0.717, 1.165) is 17.2 Å². The molecule has 1 aromatic heterocycles. The van der Waals surface area contributed by atoms with Gasteiger partial charge in [0.15, 0.2) is 5.69 Å². The summed E-state index contributed by atoms with van der Waals surface area (Å²) in [5.74, 6) is -2.92. The van der Waals surface area contributed by atoms with E-state index in [1.54, 1.807) is 19.1 Å². The van der Waals surface area contributed by atoms with Gasteiger partial charge in [-0.2, -0.15) is 5.11 Å². The highest BCUT2D eigenvalue weighted by Crippen LogP contribution is 2.37. The number of phenols is 1. The summed E-state index contributed by atoms with van der Waals surface area (Å²) in [6.45, 7) is 7.09. The zero-order valence-electron chi connectivity index (χ0n) is 20.2. The topological polar surface area (TPSA) is 120 Å². The number of hydrogen-bond donors (Lipinski definition) is 3. The number of carboxylic acid groups (broad SMARTS) is 1. The number of nitrogens with one attached hydrogen (secondary N) is 1. The summed E-state index contributed by atoms with van der Waals surface area (Å²) < 4.78 is 15.8. The minimum Gasteiger partial charge on any atom is -0.507 e. The first-order valence-corrected chi connectivity index (χ1v) is 11.2. The molecule has 0 aliphatic carbocycles. The third-order valence-corrected chi connectivity index (χ3v) is 6.15. The normalized spacial score (nSPS) is 12.2. The second kappa shape index (κ2) is 9.61. The lowest BCUT2D eigenvalue weighted by atomic mass is 9.94. The molecule has 0 amide bonds. The van der Waals surface area contributed by atoms with Crippen LogP contribution in [0.1, 0.15) is 35.2 Å². The van der Waals surface area contributed by atoms with E-state index in [0.29, 0.717) is 16.9 Å². The number of nitrogens with zero attached hydrogens (tertiary/aromatic N) is 3. The molecule has 0 aliphatic rings. The monoisotopic (exact) mass is 488 g/mol. The Bertz CT molecular complexity index is 1570. The fourth-order valence-corrected chi connectivity index (χ4v) is 3.87. The molecule has 0 saturated heterocycles. The van der Waals surface area contributed by atoms with Crippen LogP contribution in [0.2, 0.25) is 0 Å². The van der Waals surface area contributed by atoms with E-state index in [-0.39, 0.29) is 28.3 Å². The third kappa shape index (κ3) is 4.68. The van der Waals surface area contributed by atoms with Crippen molar-refractivity contribution in [1.82, 2.24) is 9.78 Å². The largest absolute Gasteiger partial charge is 0.507 e. The van der Waals surface area contributed by atoms with Gasteiger partial charge in [-0.1, -0.05) is 24.3 Å². The SMILES string of the molecule is Cc1ccc(-n2[nH]c(C)c(N=Nc3cc(F)cc(-c4cccc(C(C)C(=O)O)c4O)c3)c2=O)cc1C. The van der Waals surface area contributed by atoms with Crippen molar-refractivity contribution >= 4 is 17.3 Å². The number of halogens is 1. The molecule has 8 nitrogen and oxygen atoms in total. The molecule has 1 heterocycles. The van der Waals surface area contributed by atoms with E-state index in [1.165, 1.54) is 29.8 Å². The molecule has 0 fully saturated rings. The summed E-state index contributed by atoms with van der Waals surface area (Å²) >= 11 is 0. The number of aryl methyl sites for hydroxylation is 3. The van der Waals surface area contributed by atoms with E-state index >= 15 is 0 Å². The Morgan fingerprint density at radius 2 is 1.78 bits per heavy atom. The summed E-state index contributed by atoms with van der Waals surface area (Å²) in [7, 11) is 0. The van der Waals surface area contributed by atoms with Crippen LogP contribution in [-0.4, -0.2) is 26.0 Å². The van der Waals surface area contributed by atoms with Gasteiger partial charge in [-0.25, -0.2) is 9.07 Å². The molecule has 1 unspecified atom stereocenters. The number of carbonyl (C=O) groups is 1. The molecule has 1 atom stereocenters. The number of H-pyrrole nitrogens is 1. The van der Waals surface area contributed by atoms with Gasteiger partial charge in [-0.05, 0) is 68.7 Å². The van der Waals surface area contributed by atoms with Gasteiger partial charge in [-0.15, -0.1) is 5.11 Å². The van der Waals surface area contributed by atoms with Crippen molar-refractivity contribution in [2.45, 2.75) is 33.6 Å². The first-order chi connectivity index (χ1) is 17.1. The maximum atomic E-state index is 14.5. The number of hydrogen-bond acceptors (Lipinski definition) is 5. The quantitative estimate of drug-likeness (QED) is 0.280. The average molecular weight is 489 g/mol. The van der Waals surface area contributed by atoms with Crippen LogP contribution < -0.4 is 5.56 Å². The van der Waals surface area contributed by atoms with E-state index in [4.69, 9.17) is 0 Å². The Labute approximate surface area is 206 Å². The van der Waals surface area contributed by atoms with Crippen molar-refractivity contribution in [3.05, 3.63) is 93.2 Å². The number of phenolic OH excluding ortho intramolecular Hbond substituents is 1. The van der Waals surface area contributed by atoms with Crippen LogP contribution in [-0.2, 0) is 4.79 Å². The summed E-state index contributed by atoms with van der Waals surface area (Å²) in [5.41, 5.74) is 3.85. The number of rotatable bonds is 6. The fourth-order valence-electron chi connectivity index (χ4n) is 3.87. The van der Waals surface area contributed by atoms with Crippen molar-refractivity contribution in [3.8, 4) is 22.6 Å². The Hall–Kier alpha value is -4.53. The molecule has 3 N–H and O–H groups in total. The summed E-state index contributed by atoms with van der Waals surface area (Å²) in [5, 5.41) is 31.1. The molecule has 184 valence electrons. The fraction of sp³-hybridized carbons (Fsp3) is 0.185. The Morgan fingerprint density at radius 3 is 2.47 bits per heavy atom. The Kier molecular flexibility index (Phi) is 6.57. The van der Waals surface area contributed by atoms with E-state index in [9.17, 15) is 24.2 Å². The van der Waals surface area contributed by atoms with Gasteiger partial charge in [0, 0.05) is 17.2 Å². The van der Waals surface area contributed by atoms with Crippen molar-refractivity contribution in [3.63, 3.8) is 0 Å². The molecule has 4 aromatic rings. The molecule has 0 aliphatic heterocycles. The highest BCUT2D eigenvalue weighted by atomic mass is 19.1. The molecule has 9 heteroatoms. The summed E-state index contributed by atoms with van der Waals surface area (Å²) in [4.78, 5) is 24.4. The number of benzene rings is 3. The van der Waals surface area contributed by atoms with E-state index in [1.807, 2.05) is 32.0 Å². The van der Waals surface area contributed by atoms with Crippen LogP contribution in [0.25, 0.3) is 16.8 Å². The molecule has 0 radical (unpaired) electrons. The summed E-state index contributed by atoms with van der Waals surface area (Å²) in [6, 6.07) is 14.1. The third-order valence-electron chi connectivity index (χ3n) is 6.15. The average Bonchev–Trinajstić information content (AvgIpc) is 3.11. The molecule has 3 aromatic carbocycles. The second-order valence-corrected chi connectivity index (χ2v) is 8.70. The molecule has 36 heavy (non-hydrogen) atoms. The van der Waals surface area contributed by atoms with Crippen LogP contribution in [0.5, 0.6) is 5.75 Å². The lowest BCUT2D eigenvalue weighted by molar-refractivity contribution is -0.138. The van der Waals surface area contributed by atoms with Crippen LogP contribution in [0.4, 0.5) is 15.8 Å². The van der Waals surface area contributed by atoms with E-state index in [2.05, 4.69) is 15.3 Å². The summed E-state index contributed by atoms with van der Waals surface area (Å²) in [6.07, 6.45) is 0. The van der Waals surface area contributed by atoms with Gasteiger partial charge in [0.25, 0.3) is 5.56 Å². The zero-order chi connectivity index (χ0) is 26.1. The van der Waals surface area contributed by atoms with Crippen LogP contribution in [0.15, 0.2) is 69.6 Å². The predicted molar refractivity (Wildman–Crippen MR) is 134 cm³/mol. The number of aromatic nitrogens is 2. The first kappa shape index (κ1) is 24.6. The van der Waals surface area contributed by atoms with Crippen LogP contribution in [0.3, 0.4) is 0 Å². The molecular weight excluding hydrogens is 463 g/mol. The molecular formula is C27H25FN4O4. The van der Waals surface area contributed by atoms with Crippen LogP contribution >= 0.6 is 0 Å². The lowest BCUT2D eigenvalue weighted by Gasteiger charge is -2.13. The van der Waals surface area contributed by atoms with Gasteiger partial charge in [0.05, 0.1) is 23.0 Å². The predicted octanol–water partition coefficient (Wildman–Crippen LogP) is 6.21. The van der Waals surface area contributed by atoms with Crippen molar-refractivity contribution in [2.75, 3.05) is 0 Å². The van der Waals surface area contributed by atoms with Gasteiger partial charge >= 0.3 is 5.97 Å². The number of azo groups is 1. The minimum atomic E-state index is -1.09. The number of carboxylic acids is 1. The number of aliphatic carboxylic acids is 1. The van der Waals surface area contributed by atoms with Gasteiger partial charge < -0.3 is 10.2 Å². The second-order valence-electron chi connectivity index (χ2n) is 8.70. The molecule has 4 rings (SSSR count). The maximum Gasteiger partial charge on any atom is 0.310 e. The number of aromatic hydroxyl groups is 1. The van der Waals surface area contributed by atoms with Crippen LogP contribution in [0, 0.1) is 26.6 Å². The molecule has 0 saturated carbocycles. The van der Waals surface area contributed by atoms with Gasteiger partial charge in [0.1, 0.15) is 11.6 Å². The maximum absolute atomic E-state index is 14.5. The van der Waals surface area contributed by atoms with Crippen molar-refractivity contribution < 1.29 is 19.4 Å². The van der Waals surface area contributed by atoms with E-state index < -0.39 is 23.3 Å². The minimum absolute atomic E-state index is 0.0826. The highest BCUT2D eigenvalue weighted by molar-refractivity contribution is 5.81. The van der Waals surface area contributed by atoms with Gasteiger partial charge in [-0.3, -0.25) is 14.7 Å². The highest BCUT2D eigenvalue weighted by Gasteiger charge is 2.20. The van der Waals surface area contributed by atoms with Gasteiger partial charge in [0.2, 0.25) is 0 Å². The lowest BCUT2D eigenvalue weighted by Crippen LogP contribution is -2.14. The molecule has 0 spiro atoms. The zero-order valence-corrected chi connectivity index (χ0v) is 20.2. The first-order valence-electron chi connectivity index (χ1n) is 11.2. The molecule has 0 bridgehead atoms. The smallest absolute Gasteiger partial charge is 0.310 e. The number of para-hydroxylation sites is 1. The Balaban J connectivity index is 1.71. The number of aromatic amines is 1. The van der Waals surface area contributed by atoms with Crippen molar-refractivity contribution in [2.24, 2.45) is 10.2 Å². The van der Waals surface area contributed by atoms with Crippen molar-refractivity contribution in [1.29, 1.82) is 0 Å².